The largest absolute Gasteiger partial charge is 0.358 e. The van der Waals surface area contributed by atoms with E-state index in [2.05, 4.69) is 15.5 Å². The van der Waals surface area contributed by atoms with Crippen LogP contribution in [0, 0.1) is 0 Å². The van der Waals surface area contributed by atoms with E-state index in [0.717, 1.165) is 13.1 Å². The number of sulfone groups is 1. The van der Waals surface area contributed by atoms with Crippen molar-refractivity contribution in [1.29, 1.82) is 0 Å². The van der Waals surface area contributed by atoms with Crippen molar-refractivity contribution in [1.82, 2.24) is 15.5 Å². The molecule has 0 aromatic rings. The van der Waals surface area contributed by atoms with Gasteiger partial charge in [0.15, 0.2) is 0 Å². The smallest absolute Gasteiger partial charge is 0.238 e. The van der Waals surface area contributed by atoms with Crippen molar-refractivity contribution in [2.45, 2.75) is 19.4 Å². The quantitative estimate of drug-likeness (QED) is 0.640. The average Bonchev–Trinajstić information content (AvgIpc) is 2.38. The molecule has 1 amide bonds. The normalized spacial score (nSPS) is 21.8. The van der Waals surface area contributed by atoms with Gasteiger partial charge in [0.05, 0.1) is 5.75 Å². The number of rotatable bonds is 6. The molecule has 1 saturated heterocycles. The number of nitrogens with zero attached hydrogens (tertiary/aromatic N) is 1. The van der Waals surface area contributed by atoms with Crippen LogP contribution in [0.3, 0.4) is 0 Å². The maximum Gasteiger partial charge on any atom is 0.238 e. The standard InChI is InChI=1S/C11H23N3O3S/c1-3-18(16,17)8-4-6-14-7-5-13-9-10(14)11(15)12-2/h10,13H,3-9H2,1-2H3,(H,12,15). The first-order valence-electron chi connectivity index (χ1n) is 6.37. The van der Waals surface area contributed by atoms with Crippen molar-refractivity contribution < 1.29 is 13.2 Å². The van der Waals surface area contributed by atoms with Crippen LogP contribution >= 0.6 is 0 Å². The molecule has 6 nitrogen and oxygen atoms in total. The third-order valence-corrected chi connectivity index (χ3v) is 5.03. The summed E-state index contributed by atoms with van der Waals surface area (Å²) in [5.41, 5.74) is 0. The predicted molar refractivity (Wildman–Crippen MR) is 71.2 cm³/mol. The first-order valence-corrected chi connectivity index (χ1v) is 8.19. The third kappa shape index (κ3) is 4.55. The van der Waals surface area contributed by atoms with Crippen molar-refractivity contribution >= 4 is 15.7 Å². The maximum atomic E-state index is 11.7. The lowest BCUT2D eigenvalue weighted by molar-refractivity contribution is -0.126. The van der Waals surface area contributed by atoms with Crippen LogP contribution in [-0.4, -0.2) is 70.0 Å². The van der Waals surface area contributed by atoms with E-state index in [9.17, 15) is 13.2 Å². The van der Waals surface area contributed by atoms with Gasteiger partial charge in [0.25, 0.3) is 0 Å². The van der Waals surface area contributed by atoms with Crippen molar-refractivity contribution in [2.24, 2.45) is 0 Å². The Morgan fingerprint density at radius 2 is 2.22 bits per heavy atom. The van der Waals surface area contributed by atoms with E-state index in [1.807, 2.05) is 0 Å². The fourth-order valence-corrected chi connectivity index (χ4v) is 2.93. The lowest BCUT2D eigenvalue weighted by Crippen LogP contribution is -2.57. The summed E-state index contributed by atoms with van der Waals surface area (Å²) in [6.07, 6.45) is 0.587. The molecule has 1 heterocycles. The second kappa shape index (κ2) is 7.06. The molecule has 1 unspecified atom stereocenters. The Kier molecular flexibility index (Phi) is 6.04. The molecule has 0 aromatic carbocycles. The summed E-state index contributed by atoms with van der Waals surface area (Å²) in [7, 11) is -1.28. The second-order valence-electron chi connectivity index (χ2n) is 4.46. The van der Waals surface area contributed by atoms with Gasteiger partial charge in [-0.3, -0.25) is 9.69 Å². The monoisotopic (exact) mass is 277 g/mol. The summed E-state index contributed by atoms with van der Waals surface area (Å²) in [5.74, 6) is 0.377. The molecule has 0 bridgehead atoms. The summed E-state index contributed by atoms with van der Waals surface area (Å²) >= 11 is 0. The molecule has 7 heteroatoms. The van der Waals surface area contributed by atoms with Crippen molar-refractivity contribution in [3.05, 3.63) is 0 Å². The molecule has 106 valence electrons. The van der Waals surface area contributed by atoms with Gasteiger partial charge in [-0.1, -0.05) is 6.92 Å². The number of hydrogen-bond donors (Lipinski definition) is 2. The minimum Gasteiger partial charge on any atom is -0.358 e. The minimum atomic E-state index is -2.91. The molecule has 2 N–H and O–H groups in total. The summed E-state index contributed by atoms with van der Waals surface area (Å²) in [6.45, 7) is 4.56. The Bertz CT molecular complexity index is 370. The molecule has 18 heavy (non-hydrogen) atoms. The molecule has 1 rings (SSSR count). The van der Waals surface area contributed by atoms with Gasteiger partial charge >= 0.3 is 0 Å². The average molecular weight is 277 g/mol. The van der Waals surface area contributed by atoms with Crippen LogP contribution in [0.2, 0.25) is 0 Å². The fourth-order valence-electron chi connectivity index (χ4n) is 2.07. The third-order valence-electron chi connectivity index (χ3n) is 3.24. The first-order chi connectivity index (χ1) is 8.50. The minimum absolute atomic E-state index is 0.0134. The van der Waals surface area contributed by atoms with Crippen LogP contribution < -0.4 is 10.6 Å². The topological polar surface area (TPSA) is 78.5 Å². The molecule has 0 saturated carbocycles. The zero-order valence-electron chi connectivity index (χ0n) is 11.1. The second-order valence-corrected chi connectivity index (χ2v) is 6.93. The lowest BCUT2D eigenvalue weighted by Gasteiger charge is -2.34. The zero-order chi connectivity index (χ0) is 13.6. The highest BCUT2D eigenvalue weighted by molar-refractivity contribution is 7.91. The van der Waals surface area contributed by atoms with Crippen LogP contribution in [0.1, 0.15) is 13.3 Å². The summed E-state index contributed by atoms with van der Waals surface area (Å²) < 4.78 is 22.8. The number of hydrogen-bond acceptors (Lipinski definition) is 5. The van der Waals surface area contributed by atoms with E-state index in [4.69, 9.17) is 0 Å². The van der Waals surface area contributed by atoms with Gasteiger partial charge in [-0.15, -0.1) is 0 Å². The number of nitrogens with one attached hydrogen (secondary N) is 2. The van der Waals surface area contributed by atoms with Gasteiger partial charge < -0.3 is 10.6 Å². The Labute approximate surface area is 109 Å². The van der Waals surface area contributed by atoms with E-state index >= 15 is 0 Å². The SMILES string of the molecule is CCS(=O)(=O)CCCN1CCNCC1C(=O)NC. The number of likely N-dealkylation sites (N-methyl/N-ethyl adjacent to an activating group) is 1. The van der Waals surface area contributed by atoms with Gasteiger partial charge in [-0.2, -0.15) is 0 Å². The Balaban J connectivity index is 2.45. The fraction of sp³-hybridized carbons (Fsp3) is 0.909. The molecule has 0 spiro atoms. The molecule has 1 aliphatic rings. The zero-order valence-corrected chi connectivity index (χ0v) is 11.9. The van der Waals surface area contributed by atoms with Crippen LogP contribution in [0.4, 0.5) is 0 Å². The number of carbonyl (C=O) groups is 1. The van der Waals surface area contributed by atoms with Gasteiger partial charge in [-0.25, -0.2) is 8.42 Å². The molecule has 0 aromatic heterocycles. The predicted octanol–water partition coefficient (Wildman–Crippen LogP) is -1.17. The van der Waals surface area contributed by atoms with Crippen molar-refractivity contribution in [2.75, 3.05) is 44.7 Å². The summed E-state index contributed by atoms with van der Waals surface area (Å²) in [6, 6.07) is -0.187. The molecule has 1 atom stereocenters. The Morgan fingerprint density at radius 1 is 1.50 bits per heavy atom. The molecule has 0 radical (unpaired) electrons. The summed E-state index contributed by atoms with van der Waals surface area (Å²) in [5, 5.41) is 5.82. The Hall–Kier alpha value is -0.660. The van der Waals surface area contributed by atoms with Crippen LogP contribution in [0.15, 0.2) is 0 Å². The first kappa shape index (κ1) is 15.4. The molecule has 1 aliphatic heterocycles. The van der Waals surface area contributed by atoms with Crippen molar-refractivity contribution in [3.8, 4) is 0 Å². The summed E-state index contributed by atoms with van der Waals surface area (Å²) in [4.78, 5) is 13.7. The van der Waals surface area contributed by atoms with Gasteiger partial charge in [0.2, 0.25) is 5.91 Å². The van der Waals surface area contributed by atoms with Gasteiger partial charge in [-0.05, 0) is 13.0 Å². The highest BCUT2D eigenvalue weighted by Crippen LogP contribution is 2.05. The van der Waals surface area contributed by atoms with Crippen LogP contribution in [-0.2, 0) is 14.6 Å². The van der Waals surface area contributed by atoms with Gasteiger partial charge in [0, 0.05) is 32.4 Å². The Morgan fingerprint density at radius 3 is 2.83 bits per heavy atom. The van der Waals surface area contributed by atoms with Crippen molar-refractivity contribution in [3.63, 3.8) is 0 Å². The number of piperazine rings is 1. The molecular formula is C11H23N3O3S. The molecular weight excluding hydrogens is 254 g/mol. The lowest BCUT2D eigenvalue weighted by atomic mass is 10.1. The molecule has 0 aliphatic carbocycles. The number of carbonyl (C=O) groups excluding carboxylic acids is 1. The highest BCUT2D eigenvalue weighted by Gasteiger charge is 2.27. The maximum absolute atomic E-state index is 11.7. The van der Waals surface area contributed by atoms with Crippen LogP contribution in [0.5, 0.6) is 0 Å². The van der Waals surface area contributed by atoms with E-state index < -0.39 is 9.84 Å². The van der Waals surface area contributed by atoms with E-state index in [-0.39, 0.29) is 23.5 Å². The van der Waals surface area contributed by atoms with Crippen LogP contribution in [0.25, 0.3) is 0 Å². The highest BCUT2D eigenvalue weighted by atomic mass is 32.2. The molecule has 1 fully saturated rings. The number of amides is 1. The van der Waals surface area contributed by atoms with E-state index in [1.165, 1.54) is 0 Å². The van der Waals surface area contributed by atoms with Gasteiger partial charge in [0.1, 0.15) is 15.9 Å². The van der Waals surface area contributed by atoms with E-state index in [1.54, 1.807) is 14.0 Å². The van der Waals surface area contributed by atoms with E-state index in [0.29, 0.717) is 19.5 Å².